The second kappa shape index (κ2) is 6.26. The van der Waals surface area contributed by atoms with Crippen molar-refractivity contribution in [3.63, 3.8) is 0 Å². The third kappa shape index (κ3) is 3.25. The molecule has 0 fully saturated rings. The molecule has 3 nitrogen and oxygen atoms in total. The molecule has 1 aromatic rings. The van der Waals surface area contributed by atoms with E-state index in [9.17, 15) is 13.2 Å². The van der Waals surface area contributed by atoms with Crippen LogP contribution in [-0.4, -0.2) is 28.7 Å². The number of aliphatic imine (C=N–C) groups is 1. The van der Waals surface area contributed by atoms with Gasteiger partial charge in [0, 0.05) is 19.3 Å². The molecule has 1 aliphatic rings. The number of fused-ring (bicyclic) bond motifs is 1. The number of halogens is 3. The summed E-state index contributed by atoms with van der Waals surface area (Å²) in [6.45, 7) is 6.56. The summed E-state index contributed by atoms with van der Waals surface area (Å²) in [4.78, 5) is 3.40. The van der Waals surface area contributed by atoms with Gasteiger partial charge in [-0.25, -0.2) is 0 Å². The van der Waals surface area contributed by atoms with Crippen molar-refractivity contribution < 1.29 is 13.2 Å². The number of nitrogens with zero attached hydrogens (tertiary/aromatic N) is 3. The molecule has 6 heteroatoms. The molecular formula is C16H22F3N3. The molecule has 0 aliphatic carbocycles. The Labute approximate surface area is 128 Å². The van der Waals surface area contributed by atoms with Gasteiger partial charge in [-0.2, -0.15) is 18.3 Å². The van der Waals surface area contributed by atoms with Crippen molar-refractivity contribution in [2.75, 3.05) is 7.05 Å². The van der Waals surface area contributed by atoms with Crippen molar-refractivity contribution in [1.29, 1.82) is 0 Å². The van der Waals surface area contributed by atoms with Gasteiger partial charge in [0.25, 0.3) is 0 Å². The van der Waals surface area contributed by atoms with Crippen LogP contribution in [0.2, 0.25) is 0 Å². The third-order valence-electron chi connectivity index (χ3n) is 4.07. The van der Waals surface area contributed by atoms with E-state index >= 15 is 0 Å². The molecule has 2 heterocycles. The highest BCUT2D eigenvalue weighted by Crippen LogP contribution is 2.31. The van der Waals surface area contributed by atoms with E-state index in [2.05, 4.69) is 10.1 Å². The van der Waals surface area contributed by atoms with Crippen LogP contribution in [0.5, 0.6) is 0 Å². The van der Waals surface area contributed by atoms with Crippen LogP contribution in [-0.2, 0) is 13.0 Å². The monoisotopic (exact) mass is 313 g/mol. The molecule has 122 valence electrons. The van der Waals surface area contributed by atoms with E-state index in [1.807, 2.05) is 25.5 Å². The standard InChI is InChI=1S/C16H22F3N3/c1-10(2)12(9-14(20-4)16(17,18)19)15-11(3)13-7-5-6-8-22(13)21-15/h9-10H,5-8H2,1-4H3/b12-9+,20-14?. The van der Waals surface area contributed by atoms with Crippen molar-refractivity contribution in [2.24, 2.45) is 10.9 Å². The molecular weight excluding hydrogens is 291 g/mol. The zero-order chi connectivity index (χ0) is 16.5. The number of allylic oxidation sites excluding steroid dienone is 2. The Morgan fingerprint density at radius 3 is 2.50 bits per heavy atom. The summed E-state index contributed by atoms with van der Waals surface area (Å²) in [5, 5.41) is 4.57. The second-order valence-electron chi connectivity index (χ2n) is 5.96. The fourth-order valence-corrected chi connectivity index (χ4v) is 2.85. The average molecular weight is 313 g/mol. The molecule has 0 N–H and O–H groups in total. The lowest BCUT2D eigenvalue weighted by molar-refractivity contribution is -0.0577. The Morgan fingerprint density at radius 2 is 2.00 bits per heavy atom. The third-order valence-corrected chi connectivity index (χ3v) is 4.07. The maximum Gasteiger partial charge on any atom is 0.432 e. The van der Waals surface area contributed by atoms with Crippen LogP contribution < -0.4 is 0 Å². The van der Waals surface area contributed by atoms with Gasteiger partial charge in [-0.15, -0.1) is 0 Å². The van der Waals surface area contributed by atoms with Gasteiger partial charge >= 0.3 is 6.18 Å². The van der Waals surface area contributed by atoms with Gasteiger partial charge in [-0.1, -0.05) is 13.8 Å². The lowest BCUT2D eigenvalue weighted by atomic mass is 9.94. The van der Waals surface area contributed by atoms with E-state index in [0.717, 1.165) is 43.1 Å². The van der Waals surface area contributed by atoms with Crippen molar-refractivity contribution in [3.8, 4) is 0 Å². The van der Waals surface area contributed by atoms with Gasteiger partial charge in [0.05, 0.1) is 5.69 Å². The van der Waals surface area contributed by atoms with E-state index in [0.29, 0.717) is 11.3 Å². The topological polar surface area (TPSA) is 30.2 Å². The minimum atomic E-state index is -4.44. The van der Waals surface area contributed by atoms with Crippen LogP contribution in [0.4, 0.5) is 13.2 Å². The van der Waals surface area contributed by atoms with Crippen molar-refractivity contribution in [2.45, 2.75) is 52.8 Å². The molecule has 0 aromatic carbocycles. The first-order chi connectivity index (χ1) is 10.3. The maximum atomic E-state index is 13.0. The summed E-state index contributed by atoms with van der Waals surface area (Å²) >= 11 is 0. The molecule has 22 heavy (non-hydrogen) atoms. The van der Waals surface area contributed by atoms with E-state index < -0.39 is 11.9 Å². The Balaban J connectivity index is 2.52. The number of hydrogen-bond donors (Lipinski definition) is 0. The van der Waals surface area contributed by atoms with Gasteiger partial charge in [0.2, 0.25) is 0 Å². The van der Waals surface area contributed by atoms with Crippen LogP contribution in [0.25, 0.3) is 5.57 Å². The minimum absolute atomic E-state index is 0.0604. The summed E-state index contributed by atoms with van der Waals surface area (Å²) in [6.07, 6.45) is -0.179. The zero-order valence-corrected chi connectivity index (χ0v) is 13.5. The minimum Gasteiger partial charge on any atom is -0.284 e. The number of hydrogen-bond acceptors (Lipinski definition) is 2. The Kier molecular flexibility index (Phi) is 4.78. The highest BCUT2D eigenvalue weighted by molar-refractivity contribution is 6.04. The molecule has 0 saturated carbocycles. The first-order valence-electron chi connectivity index (χ1n) is 7.58. The van der Waals surface area contributed by atoms with Gasteiger partial charge in [0.15, 0.2) is 0 Å². The molecule has 0 radical (unpaired) electrons. The van der Waals surface area contributed by atoms with Crippen molar-refractivity contribution >= 4 is 11.3 Å². The largest absolute Gasteiger partial charge is 0.432 e. The molecule has 0 unspecified atom stereocenters. The van der Waals surface area contributed by atoms with Gasteiger partial charge in [-0.3, -0.25) is 9.67 Å². The summed E-state index contributed by atoms with van der Waals surface area (Å²) < 4.78 is 40.9. The first-order valence-corrected chi connectivity index (χ1v) is 7.58. The zero-order valence-electron chi connectivity index (χ0n) is 13.5. The number of aromatic nitrogens is 2. The second-order valence-corrected chi connectivity index (χ2v) is 5.96. The van der Waals surface area contributed by atoms with Gasteiger partial charge < -0.3 is 0 Å². The fraction of sp³-hybridized carbons (Fsp3) is 0.625. The first kappa shape index (κ1) is 16.8. The van der Waals surface area contributed by atoms with Crippen LogP contribution in [0.3, 0.4) is 0 Å². The fourth-order valence-electron chi connectivity index (χ4n) is 2.85. The van der Waals surface area contributed by atoms with Crippen LogP contribution in [0, 0.1) is 12.8 Å². The predicted octanol–water partition coefficient (Wildman–Crippen LogP) is 4.20. The maximum absolute atomic E-state index is 13.0. The Morgan fingerprint density at radius 1 is 1.32 bits per heavy atom. The predicted molar refractivity (Wildman–Crippen MR) is 82.1 cm³/mol. The summed E-state index contributed by atoms with van der Waals surface area (Å²) in [7, 11) is 1.17. The van der Waals surface area contributed by atoms with E-state index in [-0.39, 0.29) is 5.92 Å². The molecule has 1 aromatic heterocycles. The van der Waals surface area contributed by atoms with Crippen molar-refractivity contribution in [3.05, 3.63) is 23.0 Å². The number of alkyl halides is 3. The van der Waals surface area contributed by atoms with Gasteiger partial charge in [-0.05, 0) is 49.3 Å². The molecule has 0 amide bonds. The van der Waals surface area contributed by atoms with Crippen LogP contribution >= 0.6 is 0 Å². The SMILES string of the molecule is CN=C(/C=C(/c1nn2c(c1C)CCCC2)C(C)C)C(F)(F)F. The van der Waals surface area contributed by atoms with Crippen LogP contribution in [0.15, 0.2) is 11.1 Å². The molecule has 0 bridgehead atoms. The molecule has 2 rings (SSSR count). The molecule has 0 spiro atoms. The number of rotatable bonds is 3. The summed E-state index contributed by atoms with van der Waals surface area (Å²) in [5.41, 5.74) is 2.56. The average Bonchev–Trinajstić information content (AvgIpc) is 2.76. The highest BCUT2D eigenvalue weighted by atomic mass is 19.4. The summed E-state index contributed by atoms with van der Waals surface area (Å²) in [6, 6.07) is 0. The number of aryl methyl sites for hydroxylation is 1. The molecule has 0 atom stereocenters. The molecule has 0 saturated heterocycles. The van der Waals surface area contributed by atoms with E-state index in [1.165, 1.54) is 7.05 Å². The highest BCUT2D eigenvalue weighted by Gasteiger charge is 2.34. The van der Waals surface area contributed by atoms with E-state index in [1.54, 1.807) is 0 Å². The Hall–Kier alpha value is -1.59. The normalized spacial score (nSPS) is 17.1. The quantitative estimate of drug-likeness (QED) is 0.769. The Bertz CT molecular complexity index is 607. The van der Waals surface area contributed by atoms with Crippen molar-refractivity contribution in [1.82, 2.24) is 9.78 Å². The van der Waals surface area contributed by atoms with E-state index in [4.69, 9.17) is 0 Å². The lowest BCUT2D eigenvalue weighted by Gasteiger charge is -2.13. The van der Waals surface area contributed by atoms with Gasteiger partial charge in [0.1, 0.15) is 5.71 Å². The molecule has 1 aliphatic heterocycles. The lowest BCUT2D eigenvalue weighted by Crippen LogP contribution is -2.21. The van der Waals surface area contributed by atoms with Crippen LogP contribution in [0.1, 0.15) is 43.6 Å². The smallest absolute Gasteiger partial charge is 0.284 e. The summed E-state index contributed by atoms with van der Waals surface area (Å²) in [5.74, 6) is -0.0604.